The molecule has 0 radical (unpaired) electrons. The van der Waals surface area contributed by atoms with Crippen LogP contribution in [0.5, 0.6) is 5.75 Å². The molecule has 10 heteroatoms. The van der Waals surface area contributed by atoms with Crippen LogP contribution in [-0.2, 0) is 28.5 Å². The van der Waals surface area contributed by atoms with E-state index in [-0.39, 0.29) is 23.9 Å². The lowest BCUT2D eigenvalue weighted by Crippen LogP contribution is -2.34. The van der Waals surface area contributed by atoms with Gasteiger partial charge in [-0.15, -0.1) is 0 Å². The normalized spacial score (nSPS) is 25.0. The fraction of sp³-hybridized carbons (Fsp3) is 0.552. The van der Waals surface area contributed by atoms with E-state index in [0.717, 1.165) is 0 Å². The molecule has 1 amide bonds. The molecular weight excluding hydrogens is 506 g/mol. The summed E-state index contributed by atoms with van der Waals surface area (Å²) in [6.07, 6.45) is 4.85. The smallest absolute Gasteiger partial charge is 0.414 e. The average molecular weight is 546 g/mol. The molecule has 3 atom stereocenters. The van der Waals surface area contributed by atoms with Crippen molar-refractivity contribution >= 4 is 29.6 Å². The maximum Gasteiger partial charge on any atom is 0.414 e. The van der Waals surface area contributed by atoms with Crippen LogP contribution in [-0.4, -0.2) is 68.5 Å². The van der Waals surface area contributed by atoms with E-state index in [1.54, 1.807) is 79.0 Å². The molecule has 1 aromatic rings. The molecule has 0 saturated carbocycles. The molecule has 0 unspecified atom stereocenters. The molecule has 214 valence electrons. The Balaban J connectivity index is 2.09. The predicted molar refractivity (Wildman–Crippen MR) is 145 cm³/mol. The first-order chi connectivity index (χ1) is 18.2. The summed E-state index contributed by atoms with van der Waals surface area (Å²) in [7, 11) is 3.03. The van der Waals surface area contributed by atoms with Crippen molar-refractivity contribution in [2.45, 2.75) is 84.1 Å². The van der Waals surface area contributed by atoms with Gasteiger partial charge in [0.1, 0.15) is 29.1 Å². The Morgan fingerprint density at radius 2 is 1.79 bits per heavy atom. The van der Waals surface area contributed by atoms with Crippen LogP contribution < -0.4 is 9.64 Å². The van der Waals surface area contributed by atoms with E-state index in [1.165, 1.54) is 18.1 Å². The highest BCUT2D eigenvalue weighted by Gasteiger charge is 2.43. The van der Waals surface area contributed by atoms with Crippen molar-refractivity contribution in [2.24, 2.45) is 0 Å². The molecular formula is C29H39NO9. The van der Waals surface area contributed by atoms with Gasteiger partial charge in [0.05, 0.1) is 11.8 Å². The topological polar surface area (TPSA) is 110 Å². The van der Waals surface area contributed by atoms with Gasteiger partial charge in [-0.25, -0.2) is 9.59 Å². The number of carbonyl (C=O) groups is 3. The van der Waals surface area contributed by atoms with Crippen molar-refractivity contribution in [1.82, 2.24) is 0 Å². The van der Waals surface area contributed by atoms with Gasteiger partial charge in [-0.1, -0.05) is 18.2 Å². The molecule has 3 rings (SSSR count). The number of ketones is 1. The summed E-state index contributed by atoms with van der Waals surface area (Å²) in [5.41, 5.74) is 0.348. The molecule has 0 spiro atoms. The van der Waals surface area contributed by atoms with Crippen LogP contribution in [0, 0.1) is 0 Å². The van der Waals surface area contributed by atoms with Crippen molar-refractivity contribution in [3.63, 3.8) is 0 Å². The van der Waals surface area contributed by atoms with Crippen molar-refractivity contribution < 1.29 is 42.8 Å². The Bertz CT molecular complexity index is 1130. The van der Waals surface area contributed by atoms with Gasteiger partial charge < -0.3 is 28.4 Å². The summed E-state index contributed by atoms with van der Waals surface area (Å²) in [4.78, 5) is 40.4. The van der Waals surface area contributed by atoms with E-state index in [2.05, 4.69) is 0 Å². The maximum absolute atomic E-state index is 13.4. The number of hydrogen-bond acceptors (Lipinski definition) is 9. The van der Waals surface area contributed by atoms with E-state index >= 15 is 0 Å². The Morgan fingerprint density at radius 3 is 2.46 bits per heavy atom. The van der Waals surface area contributed by atoms with Crippen LogP contribution in [0.25, 0.3) is 6.08 Å². The summed E-state index contributed by atoms with van der Waals surface area (Å²) in [6.45, 7) is 10.5. The fourth-order valence-corrected chi connectivity index (χ4v) is 4.18. The highest BCUT2D eigenvalue weighted by Crippen LogP contribution is 2.34. The number of rotatable bonds is 4. The van der Waals surface area contributed by atoms with E-state index in [4.69, 9.17) is 28.4 Å². The quantitative estimate of drug-likeness (QED) is 0.380. The average Bonchev–Trinajstić information content (AvgIpc) is 3.14. The largest absolute Gasteiger partial charge is 0.467 e. The molecule has 10 nitrogen and oxygen atoms in total. The number of methoxy groups -OCH3 is 1. The van der Waals surface area contributed by atoms with Gasteiger partial charge in [-0.05, 0) is 65.7 Å². The second-order valence-corrected chi connectivity index (χ2v) is 11.0. The van der Waals surface area contributed by atoms with E-state index in [0.29, 0.717) is 24.1 Å². The molecule has 2 aliphatic heterocycles. The number of carbonyl (C=O) groups excluding carboxylic acids is 3. The molecule has 0 aromatic heterocycles. The van der Waals surface area contributed by atoms with Crippen LogP contribution in [0.2, 0.25) is 0 Å². The zero-order chi connectivity index (χ0) is 29.0. The van der Waals surface area contributed by atoms with E-state index < -0.39 is 41.8 Å². The summed E-state index contributed by atoms with van der Waals surface area (Å²) < 4.78 is 33.9. The minimum absolute atomic E-state index is 0.131. The Labute approximate surface area is 229 Å². The summed E-state index contributed by atoms with van der Waals surface area (Å²) in [5.74, 6) is -1.57. The first-order valence-corrected chi connectivity index (χ1v) is 12.9. The highest BCUT2D eigenvalue weighted by atomic mass is 16.8. The van der Waals surface area contributed by atoms with Crippen LogP contribution in [0.1, 0.15) is 70.3 Å². The number of nitrogens with zero attached hydrogens (tertiary/aromatic N) is 1. The first kappa shape index (κ1) is 30.3. The minimum Gasteiger partial charge on any atom is -0.467 e. The Morgan fingerprint density at radius 1 is 1.10 bits per heavy atom. The lowest BCUT2D eigenvalue weighted by Gasteiger charge is -2.26. The van der Waals surface area contributed by atoms with Crippen molar-refractivity contribution in [3.05, 3.63) is 41.5 Å². The number of esters is 1. The number of ether oxygens (including phenoxy) is 6. The van der Waals surface area contributed by atoms with E-state index in [1.807, 2.05) is 0 Å². The second-order valence-electron chi connectivity index (χ2n) is 11.0. The maximum atomic E-state index is 13.4. The molecule has 1 aromatic carbocycles. The van der Waals surface area contributed by atoms with Crippen molar-refractivity contribution in [1.29, 1.82) is 0 Å². The molecule has 1 saturated heterocycles. The molecule has 0 bridgehead atoms. The van der Waals surface area contributed by atoms with Crippen LogP contribution in [0.4, 0.5) is 10.5 Å². The summed E-state index contributed by atoms with van der Waals surface area (Å²) >= 11 is 0. The van der Waals surface area contributed by atoms with Gasteiger partial charge in [-0.3, -0.25) is 9.69 Å². The number of anilines is 1. The van der Waals surface area contributed by atoms with Gasteiger partial charge in [-0.2, -0.15) is 0 Å². The monoisotopic (exact) mass is 545 g/mol. The molecule has 2 heterocycles. The molecule has 39 heavy (non-hydrogen) atoms. The third-order valence-electron chi connectivity index (χ3n) is 5.90. The lowest BCUT2D eigenvalue weighted by molar-refractivity contribution is -0.152. The van der Waals surface area contributed by atoms with Gasteiger partial charge in [0.2, 0.25) is 0 Å². The third kappa shape index (κ3) is 8.14. The summed E-state index contributed by atoms with van der Waals surface area (Å²) in [6, 6.07) is 3.24. The standard InChI is InChI=1S/C29H39NO9/c1-18-11-9-13-21(31)25-22(37-29(5,6)38-25)14-10-12-19-15-20(30(7)27(33)39-28(2,3)4)16-23(35-17-34-8)24(19)26(32)36-18/h9-10,12-13,15-16,18,22,25H,11,14,17H2,1-8H3/b12-10+,13-9-/t18-,22-,25+/m0/s1. The van der Waals surface area contributed by atoms with Crippen LogP contribution in [0.3, 0.4) is 0 Å². The third-order valence-corrected chi connectivity index (χ3v) is 5.90. The Hall–Kier alpha value is -3.21. The van der Waals surface area contributed by atoms with Crippen LogP contribution >= 0.6 is 0 Å². The number of amides is 1. The van der Waals surface area contributed by atoms with Gasteiger partial charge in [0, 0.05) is 26.6 Å². The highest BCUT2D eigenvalue weighted by molar-refractivity contribution is 5.99. The lowest BCUT2D eigenvalue weighted by atomic mass is 10.0. The first-order valence-electron chi connectivity index (χ1n) is 12.9. The number of cyclic esters (lactones) is 1. The SMILES string of the molecule is COCOc1cc(N(C)C(=O)OC(C)(C)C)cc2c1C(=O)O[C@@H](C)C/C=C\C(=O)[C@H]1OC(C)(C)O[C@H]1C/C=C/2. The molecule has 2 aliphatic rings. The van der Waals surface area contributed by atoms with Crippen molar-refractivity contribution in [3.8, 4) is 5.75 Å². The Kier molecular flexibility index (Phi) is 9.58. The number of hydrogen-bond donors (Lipinski definition) is 0. The van der Waals surface area contributed by atoms with Gasteiger partial charge >= 0.3 is 12.1 Å². The predicted octanol–water partition coefficient (Wildman–Crippen LogP) is 5.04. The number of benzene rings is 1. The van der Waals surface area contributed by atoms with Gasteiger partial charge in [0.25, 0.3) is 0 Å². The number of fused-ring (bicyclic) bond motifs is 2. The van der Waals surface area contributed by atoms with Gasteiger partial charge in [0.15, 0.2) is 18.4 Å². The zero-order valence-corrected chi connectivity index (χ0v) is 23.9. The van der Waals surface area contributed by atoms with Crippen LogP contribution in [0.15, 0.2) is 30.4 Å². The van der Waals surface area contributed by atoms with Crippen molar-refractivity contribution in [2.75, 3.05) is 25.9 Å². The molecule has 1 fully saturated rings. The second kappa shape index (κ2) is 12.3. The molecule has 0 N–H and O–H groups in total. The zero-order valence-electron chi connectivity index (χ0n) is 23.9. The summed E-state index contributed by atoms with van der Waals surface area (Å²) in [5, 5.41) is 0. The van der Waals surface area contributed by atoms with E-state index in [9.17, 15) is 14.4 Å². The molecule has 0 aliphatic carbocycles. The minimum atomic E-state index is -0.921. The fourth-order valence-electron chi connectivity index (χ4n) is 4.18.